The Labute approximate surface area is 197 Å². The summed E-state index contributed by atoms with van der Waals surface area (Å²) in [5, 5.41) is 0. The van der Waals surface area contributed by atoms with Crippen LogP contribution in [-0.4, -0.2) is 52.8 Å². The highest BCUT2D eigenvalue weighted by molar-refractivity contribution is 5.88. The number of amides is 2. The number of aromatic nitrogens is 1. The molecule has 0 bridgehead atoms. The highest BCUT2D eigenvalue weighted by Crippen LogP contribution is 2.66. The van der Waals surface area contributed by atoms with Crippen LogP contribution >= 0.6 is 0 Å². The van der Waals surface area contributed by atoms with Crippen LogP contribution in [0.15, 0.2) is 48.8 Å². The molecule has 1 spiro atoms. The van der Waals surface area contributed by atoms with Crippen molar-refractivity contribution in [2.75, 3.05) is 26.2 Å². The Kier molecular flexibility index (Phi) is 5.75. The average Bonchev–Trinajstić information content (AvgIpc) is 3.47. The highest BCUT2D eigenvalue weighted by Gasteiger charge is 2.62. The van der Waals surface area contributed by atoms with Gasteiger partial charge in [-0.3, -0.25) is 14.6 Å². The molecule has 5 rings (SSSR count). The molecule has 1 aromatic carbocycles. The second-order valence-electron chi connectivity index (χ2n) is 10.4. The minimum atomic E-state index is -0.545. The van der Waals surface area contributed by atoms with E-state index in [-0.39, 0.29) is 11.8 Å². The summed E-state index contributed by atoms with van der Waals surface area (Å²) >= 11 is 0. The van der Waals surface area contributed by atoms with Gasteiger partial charge in [-0.15, -0.1) is 0 Å². The van der Waals surface area contributed by atoms with E-state index >= 15 is 0 Å². The number of pyridine rings is 1. The Bertz CT molecular complexity index is 1030. The van der Waals surface area contributed by atoms with Crippen molar-refractivity contribution in [2.45, 2.75) is 52.4 Å². The maximum Gasteiger partial charge on any atom is 0.230 e. The fraction of sp³-hybridized carbons (Fsp3) is 0.536. The molecular weight excluding hydrogens is 410 g/mol. The molecule has 2 amide bonds. The van der Waals surface area contributed by atoms with Gasteiger partial charge in [-0.2, -0.15) is 0 Å². The first-order valence-electron chi connectivity index (χ1n) is 12.6. The van der Waals surface area contributed by atoms with Crippen LogP contribution in [0.3, 0.4) is 0 Å². The molecule has 2 saturated carbocycles. The molecule has 33 heavy (non-hydrogen) atoms. The van der Waals surface area contributed by atoms with Gasteiger partial charge in [-0.05, 0) is 74.1 Å². The van der Waals surface area contributed by atoms with Gasteiger partial charge in [0.1, 0.15) is 0 Å². The first kappa shape index (κ1) is 22.1. The van der Waals surface area contributed by atoms with Crippen molar-refractivity contribution in [1.82, 2.24) is 14.8 Å². The molecule has 5 nitrogen and oxygen atoms in total. The van der Waals surface area contributed by atoms with Crippen molar-refractivity contribution in [3.8, 4) is 11.1 Å². The van der Waals surface area contributed by atoms with E-state index in [0.717, 1.165) is 29.5 Å². The van der Waals surface area contributed by atoms with Crippen molar-refractivity contribution < 1.29 is 9.59 Å². The molecule has 2 atom stereocenters. The van der Waals surface area contributed by atoms with Crippen LogP contribution in [0.4, 0.5) is 0 Å². The van der Waals surface area contributed by atoms with E-state index in [0.29, 0.717) is 43.9 Å². The van der Waals surface area contributed by atoms with E-state index in [2.05, 4.69) is 35.3 Å². The number of nitrogens with zero attached hydrogens (tertiary/aromatic N) is 3. The predicted molar refractivity (Wildman–Crippen MR) is 129 cm³/mol. The monoisotopic (exact) mass is 445 g/mol. The van der Waals surface area contributed by atoms with Crippen LogP contribution in [0.1, 0.15) is 51.5 Å². The molecule has 1 aliphatic heterocycles. The molecule has 2 heterocycles. The van der Waals surface area contributed by atoms with Gasteiger partial charge in [-0.25, -0.2) is 0 Å². The molecule has 2 aromatic rings. The summed E-state index contributed by atoms with van der Waals surface area (Å²) in [6.07, 6.45) is 9.80. The van der Waals surface area contributed by atoms with Crippen molar-refractivity contribution in [3.63, 3.8) is 0 Å². The number of benzene rings is 1. The standard InChI is InChI=1S/C28H35N3O2/c1-3-30(4-2)26(33)28(13-15-31(20-28)25(32)24-18-27(24)11-7-12-27)17-21-8-5-9-22(16-21)23-10-6-14-29-19-23/h5-6,8-10,14,16,19,24H,3-4,7,11-13,15,17-18,20H2,1-2H3/t24-,28-/m1/s1. The van der Waals surface area contributed by atoms with Gasteiger partial charge < -0.3 is 9.80 Å². The molecule has 1 saturated heterocycles. The molecule has 5 heteroatoms. The normalized spacial score (nSPS) is 25.0. The SMILES string of the molecule is CCN(CC)C(=O)[C@@]1(Cc2cccc(-c3cccnc3)c2)CCN(C(=O)[C@H]2CC23CCC3)C1. The first-order valence-corrected chi connectivity index (χ1v) is 12.6. The number of carbonyl (C=O) groups excluding carboxylic acids is 2. The lowest BCUT2D eigenvalue weighted by molar-refractivity contribution is -0.142. The van der Waals surface area contributed by atoms with Gasteiger partial charge in [0.25, 0.3) is 0 Å². The van der Waals surface area contributed by atoms with E-state index in [4.69, 9.17) is 0 Å². The lowest BCUT2D eigenvalue weighted by Gasteiger charge is -2.34. The van der Waals surface area contributed by atoms with Crippen molar-refractivity contribution in [3.05, 3.63) is 54.4 Å². The topological polar surface area (TPSA) is 53.5 Å². The lowest BCUT2D eigenvalue weighted by atomic mass is 9.78. The van der Waals surface area contributed by atoms with Crippen LogP contribution < -0.4 is 0 Å². The highest BCUT2D eigenvalue weighted by atomic mass is 16.2. The maximum atomic E-state index is 13.8. The molecule has 0 radical (unpaired) electrons. The Hall–Kier alpha value is -2.69. The summed E-state index contributed by atoms with van der Waals surface area (Å²) in [7, 11) is 0. The van der Waals surface area contributed by atoms with E-state index in [1.54, 1.807) is 6.20 Å². The van der Waals surface area contributed by atoms with E-state index < -0.39 is 5.41 Å². The second-order valence-corrected chi connectivity index (χ2v) is 10.4. The van der Waals surface area contributed by atoms with Gasteiger partial charge in [0.05, 0.1) is 5.41 Å². The Morgan fingerprint density at radius 1 is 1.09 bits per heavy atom. The number of hydrogen-bond acceptors (Lipinski definition) is 3. The maximum absolute atomic E-state index is 13.8. The summed E-state index contributed by atoms with van der Waals surface area (Å²) in [6, 6.07) is 12.5. The van der Waals surface area contributed by atoms with Gasteiger partial charge in [0.2, 0.25) is 11.8 Å². The van der Waals surface area contributed by atoms with Crippen LogP contribution in [0.25, 0.3) is 11.1 Å². The minimum absolute atomic E-state index is 0.198. The predicted octanol–water partition coefficient (Wildman–Crippen LogP) is 4.57. The molecule has 1 aromatic heterocycles. The van der Waals surface area contributed by atoms with E-state index in [1.807, 2.05) is 35.9 Å². The molecule has 0 N–H and O–H groups in total. The third kappa shape index (κ3) is 3.96. The van der Waals surface area contributed by atoms with E-state index in [9.17, 15) is 9.59 Å². The fourth-order valence-electron chi connectivity index (χ4n) is 6.19. The molecule has 2 aliphatic carbocycles. The van der Waals surface area contributed by atoms with E-state index in [1.165, 1.54) is 19.3 Å². The zero-order valence-electron chi connectivity index (χ0n) is 19.9. The summed E-state index contributed by atoms with van der Waals surface area (Å²) in [5.41, 5.74) is 3.11. The third-order valence-electron chi connectivity index (χ3n) is 8.47. The van der Waals surface area contributed by atoms with Crippen molar-refractivity contribution in [1.29, 1.82) is 0 Å². The zero-order valence-corrected chi connectivity index (χ0v) is 19.9. The lowest BCUT2D eigenvalue weighted by Crippen LogP contribution is -2.47. The average molecular weight is 446 g/mol. The Morgan fingerprint density at radius 2 is 1.88 bits per heavy atom. The molecule has 174 valence electrons. The molecule has 3 aliphatic rings. The summed E-state index contributed by atoms with van der Waals surface area (Å²) in [4.78, 5) is 35.4. The molecule has 3 fully saturated rings. The van der Waals surface area contributed by atoms with Gasteiger partial charge >= 0.3 is 0 Å². The van der Waals surface area contributed by atoms with Crippen molar-refractivity contribution in [2.24, 2.45) is 16.7 Å². The van der Waals surface area contributed by atoms with Crippen LogP contribution in [-0.2, 0) is 16.0 Å². The first-order chi connectivity index (χ1) is 16.0. The number of hydrogen-bond donors (Lipinski definition) is 0. The quantitative estimate of drug-likeness (QED) is 0.627. The smallest absolute Gasteiger partial charge is 0.230 e. The largest absolute Gasteiger partial charge is 0.343 e. The summed E-state index contributed by atoms with van der Waals surface area (Å²) in [6.45, 7) is 6.73. The van der Waals surface area contributed by atoms with Gasteiger partial charge in [0, 0.05) is 44.5 Å². The summed E-state index contributed by atoms with van der Waals surface area (Å²) < 4.78 is 0. The number of carbonyl (C=O) groups is 2. The van der Waals surface area contributed by atoms with Crippen LogP contribution in [0.2, 0.25) is 0 Å². The van der Waals surface area contributed by atoms with Crippen LogP contribution in [0.5, 0.6) is 0 Å². The van der Waals surface area contributed by atoms with Crippen molar-refractivity contribution >= 4 is 11.8 Å². The van der Waals surface area contributed by atoms with Gasteiger partial charge in [0.15, 0.2) is 0 Å². The second kappa shape index (κ2) is 8.58. The number of likely N-dealkylation sites (tertiary alicyclic amines) is 1. The molecular formula is C28H35N3O2. The molecule has 0 unspecified atom stereocenters. The third-order valence-corrected chi connectivity index (χ3v) is 8.47. The van der Waals surface area contributed by atoms with Crippen LogP contribution in [0, 0.1) is 16.7 Å². The summed E-state index contributed by atoms with van der Waals surface area (Å²) in [5.74, 6) is 0.705. The number of rotatable bonds is 7. The Balaban J connectivity index is 1.40. The zero-order chi connectivity index (χ0) is 23.1. The Morgan fingerprint density at radius 3 is 2.52 bits per heavy atom. The fourth-order valence-corrected chi connectivity index (χ4v) is 6.19. The van der Waals surface area contributed by atoms with Gasteiger partial charge in [-0.1, -0.05) is 36.8 Å². The minimum Gasteiger partial charge on any atom is -0.343 e.